The van der Waals surface area contributed by atoms with E-state index in [0.29, 0.717) is 0 Å². The number of rotatable bonds is 6. The first-order valence-corrected chi connectivity index (χ1v) is 4.23. The van der Waals surface area contributed by atoms with Crippen LogP contribution < -0.4 is 0 Å². The van der Waals surface area contributed by atoms with Gasteiger partial charge in [0, 0.05) is 0 Å². The van der Waals surface area contributed by atoms with E-state index in [1.54, 1.807) is 0 Å². The van der Waals surface area contributed by atoms with Gasteiger partial charge in [-0.1, -0.05) is 11.6 Å². The smallest absolute Gasteiger partial charge is 0.432 e. The van der Waals surface area contributed by atoms with Crippen molar-refractivity contribution in [3.05, 3.63) is 0 Å². The van der Waals surface area contributed by atoms with E-state index in [2.05, 4.69) is 9.47 Å². The van der Waals surface area contributed by atoms with Crippen LogP contribution in [0.2, 0.25) is 0 Å². The lowest BCUT2D eigenvalue weighted by Crippen LogP contribution is -2.15. The number of ether oxygens (including phenoxy) is 3. The van der Waals surface area contributed by atoms with Gasteiger partial charge in [0.25, 0.3) is 0 Å². The van der Waals surface area contributed by atoms with Gasteiger partial charge in [-0.25, -0.2) is 9.90 Å². The van der Waals surface area contributed by atoms with E-state index >= 15 is 0 Å². The molecule has 13 heavy (non-hydrogen) atoms. The second-order valence-corrected chi connectivity index (χ2v) is 2.69. The fraction of sp³-hybridized carbons (Fsp3) is 0.857. The first-order valence-electron chi connectivity index (χ1n) is 3.80. The van der Waals surface area contributed by atoms with Gasteiger partial charge in [0.2, 0.25) is 0 Å². The van der Waals surface area contributed by atoms with Crippen LogP contribution in [-0.2, 0) is 19.3 Å². The van der Waals surface area contributed by atoms with Gasteiger partial charge < -0.3 is 14.2 Å². The van der Waals surface area contributed by atoms with Gasteiger partial charge in [0.1, 0.15) is 13.2 Å². The maximum Gasteiger partial charge on any atom is 0.509 e. The molecule has 0 aromatic carbocycles. The summed E-state index contributed by atoms with van der Waals surface area (Å²) in [6.45, 7) is 1.56. The van der Waals surface area contributed by atoms with E-state index in [9.17, 15) is 9.90 Å². The number of hydrogen-bond donors (Lipinski definition) is 0. The summed E-state index contributed by atoms with van der Waals surface area (Å²) < 4.78 is 13.7. The van der Waals surface area contributed by atoms with Crippen LogP contribution in [0.4, 0.5) is 4.79 Å². The maximum atomic E-state index is 10.6. The Morgan fingerprint density at radius 2 is 2.08 bits per heavy atom. The van der Waals surface area contributed by atoms with E-state index in [1.165, 1.54) is 6.92 Å². The predicted octanol–water partition coefficient (Wildman–Crippen LogP) is 1.17. The molecular formula is C7H12ClO5. The van der Waals surface area contributed by atoms with Crippen molar-refractivity contribution in [1.82, 2.24) is 0 Å². The largest absolute Gasteiger partial charge is 0.509 e. The van der Waals surface area contributed by atoms with Crippen molar-refractivity contribution in [3.8, 4) is 0 Å². The zero-order valence-electron chi connectivity index (χ0n) is 7.32. The van der Waals surface area contributed by atoms with Gasteiger partial charge in [-0.2, -0.15) is 0 Å². The molecule has 1 atom stereocenters. The van der Waals surface area contributed by atoms with Crippen LogP contribution in [0.15, 0.2) is 0 Å². The summed E-state index contributed by atoms with van der Waals surface area (Å²) in [4.78, 5) is 10.6. The van der Waals surface area contributed by atoms with Gasteiger partial charge in [-0.3, -0.25) is 0 Å². The highest BCUT2D eigenvalue weighted by Crippen LogP contribution is 1.97. The molecule has 1 radical (unpaired) electrons. The highest BCUT2D eigenvalue weighted by molar-refractivity contribution is 6.19. The van der Waals surface area contributed by atoms with Crippen LogP contribution >= 0.6 is 11.6 Å². The standard InChI is InChI=1S/C7H12ClO5/c1-6(8)13-7(10)12-5-4-11-3-2-9/h6H,2-5H2,1H3. The Hall–Kier alpha value is -0.520. The van der Waals surface area contributed by atoms with Gasteiger partial charge in [0.05, 0.1) is 13.2 Å². The Bertz CT molecular complexity index is 139. The third kappa shape index (κ3) is 9.39. The summed E-state index contributed by atoms with van der Waals surface area (Å²) in [6.07, 6.45) is -0.840. The molecule has 0 aliphatic rings. The molecule has 0 rings (SSSR count). The van der Waals surface area contributed by atoms with Crippen LogP contribution in [0.1, 0.15) is 6.92 Å². The molecule has 0 spiro atoms. The zero-order valence-corrected chi connectivity index (χ0v) is 8.08. The normalized spacial score (nSPS) is 12.2. The zero-order chi connectivity index (χ0) is 10.1. The SMILES string of the molecule is CC(Cl)OC(=O)OCCOCC[O]. The number of carbonyl (C=O) groups is 1. The minimum atomic E-state index is -0.840. The minimum absolute atomic E-state index is 0.0580. The van der Waals surface area contributed by atoms with Crippen molar-refractivity contribution in [1.29, 1.82) is 0 Å². The van der Waals surface area contributed by atoms with Crippen LogP contribution in [0.3, 0.4) is 0 Å². The lowest BCUT2D eigenvalue weighted by molar-refractivity contribution is 0.0109. The minimum Gasteiger partial charge on any atom is -0.432 e. The Kier molecular flexibility index (Phi) is 7.77. The molecule has 0 aliphatic heterocycles. The molecule has 0 amide bonds. The summed E-state index contributed by atoms with van der Waals surface area (Å²) in [5.41, 5.74) is -0.713. The topological polar surface area (TPSA) is 64.7 Å². The van der Waals surface area contributed by atoms with Crippen molar-refractivity contribution in [3.63, 3.8) is 0 Å². The molecule has 1 unspecified atom stereocenters. The molecule has 0 N–H and O–H groups in total. The molecular weight excluding hydrogens is 200 g/mol. The molecule has 0 aromatic heterocycles. The van der Waals surface area contributed by atoms with Crippen LogP contribution in [0.25, 0.3) is 0 Å². The van der Waals surface area contributed by atoms with E-state index in [4.69, 9.17) is 16.3 Å². The lowest BCUT2D eigenvalue weighted by Gasteiger charge is -2.06. The van der Waals surface area contributed by atoms with Crippen molar-refractivity contribution in [2.24, 2.45) is 0 Å². The summed E-state index contributed by atoms with van der Waals surface area (Å²) in [6, 6.07) is 0. The summed E-state index contributed by atoms with van der Waals surface area (Å²) in [5.74, 6) is 0. The quantitative estimate of drug-likeness (QED) is 0.376. The van der Waals surface area contributed by atoms with Crippen LogP contribution in [-0.4, -0.2) is 38.1 Å². The number of carbonyl (C=O) groups excluding carboxylic acids is 1. The molecule has 6 heteroatoms. The van der Waals surface area contributed by atoms with E-state index in [-0.39, 0.29) is 26.4 Å². The molecule has 0 saturated heterocycles. The van der Waals surface area contributed by atoms with Crippen molar-refractivity contribution >= 4 is 17.8 Å². The first-order chi connectivity index (χ1) is 6.16. The Morgan fingerprint density at radius 1 is 1.38 bits per heavy atom. The van der Waals surface area contributed by atoms with Gasteiger partial charge >= 0.3 is 6.16 Å². The number of halogens is 1. The molecule has 0 saturated carbocycles. The number of alkyl halides is 1. The summed E-state index contributed by atoms with van der Waals surface area (Å²) in [7, 11) is 0. The average molecular weight is 212 g/mol. The molecule has 5 nitrogen and oxygen atoms in total. The Morgan fingerprint density at radius 3 is 2.62 bits per heavy atom. The molecule has 0 aromatic rings. The van der Waals surface area contributed by atoms with Crippen molar-refractivity contribution in [2.45, 2.75) is 12.5 Å². The Balaban J connectivity index is 3.17. The molecule has 77 valence electrons. The van der Waals surface area contributed by atoms with Crippen LogP contribution in [0.5, 0.6) is 0 Å². The first kappa shape index (κ1) is 12.5. The van der Waals surface area contributed by atoms with E-state index < -0.39 is 11.7 Å². The van der Waals surface area contributed by atoms with Gasteiger partial charge in [-0.05, 0) is 6.92 Å². The predicted molar refractivity (Wildman–Crippen MR) is 44.1 cm³/mol. The Labute approximate surface area is 81.5 Å². The van der Waals surface area contributed by atoms with Crippen molar-refractivity contribution in [2.75, 3.05) is 26.4 Å². The fourth-order valence-electron chi connectivity index (χ4n) is 0.512. The third-order valence-corrected chi connectivity index (χ3v) is 1.02. The summed E-state index contributed by atoms with van der Waals surface area (Å²) >= 11 is 5.34. The lowest BCUT2D eigenvalue weighted by atomic mass is 10.7. The number of hydrogen-bond acceptors (Lipinski definition) is 4. The molecule has 0 bridgehead atoms. The van der Waals surface area contributed by atoms with Crippen LogP contribution in [0, 0.1) is 0 Å². The van der Waals surface area contributed by atoms with Gasteiger partial charge in [-0.15, -0.1) is 0 Å². The van der Waals surface area contributed by atoms with Crippen molar-refractivity contribution < 1.29 is 24.1 Å². The van der Waals surface area contributed by atoms with Gasteiger partial charge in [0.15, 0.2) is 5.56 Å². The monoisotopic (exact) mass is 211 g/mol. The molecule has 0 aliphatic carbocycles. The maximum absolute atomic E-state index is 10.6. The fourth-order valence-corrected chi connectivity index (χ4v) is 0.584. The second kappa shape index (κ2) is 8.10. The second-order valence-electron chi connectivity index (χ2n) is 2.08. The molecule has 0 fully saturated rings. The van der Waals surface area contributed by atoms with E-state index in [1.807, 2.05) is 0 Å². The summed E-state index contributed by atoms with van der Waals surface area (Å²) in [5, 5.41) is 9.90. The molecule has 0 heterocycles. The average Bonchev–Trinajstić information content (AvgIpc) is 2.02. The highest BCUT2D eigenvalue weighted by atomic mass is 35.5. The van der Waals surface area contributed by atoms with E-state index in [0.717, 1.165) is 0 Å². The highest BCUT2D eigenvalue weighted by Gasteiger charge is 2.06. The third-order valence-electron chi connectivity index (χ3n) is 0.934.